The molecule has 1 nitrogen and oxygen atoms in total. The Hall–Kier alpha value is -1.97. The molecule has 0 spiro atoms. The van der Waals surface area contributed by atoms with Crippen LogP contribution in [0.1, 0.15) is 11.1 Å². The van der Waals surface area contributed by atoms with Gasteiger partial charge in [-0.1, -0.05) is 30.3 Å². The second-order valence-electron chi connectivity index (χ2n) is 3.80. The zero-order chi connectivity index (χ0) is 13.0. The average molecular weight is 252 g/mol. The maximum atomic E-state index is 12.5. The maximum absolute atomic E-state index is 12.5. The van der Waals surface area contributed by atoms with Crippen molar-refractivity contribution < 1.29 is 17.9 Å². The van der Waals surface area contributed by atoms with Crippen LogP contribution in [-0.2, 0) is 12.8 Å². The molecule has 0 radical (unpaired) electrons. The predicted molar refractivity (Wildman–Crippen MR) is 62.2 cm³/mol. The van der Waals surface area contributed by atoms with Crippen molar-refractivity contribution in [1.82, 2.24) is 0 Å². The van der Waals surface area contributed by atoms with Gasteiger partial charge in [-0.05, 0) is 29.8 Å². The normalized spacial score (nSPS) is 11.3. The lowest BCUT2D eigenvalue weighted by Gasteiger charge is -2.09. The molecule has 0 fully saturated rings. The zero-order valence-electron chi connectivity index (χ0n) is 9.45. The standard InChI is InChI=1S/C14H11F3O/c15-14(16,17)12-6-4-5-11(9-12)10-18-13-7-2-1-3-8-13/h1-9H,10H2. The molecule has 18 heavy (non-hydrogen) atoms. The highest BCUT2D eigenvalue weighted by molar-refractivity contribution is 5.26. The summed E-state index contributed by atoms with van der Waals surface area (Å²) in [4.78, 5) is 0. The van der Waals surface area contributed by atoms with Gasteiger partial charge in [0, 0.05) is 0 Å². The fourth-order valence-corrected chi connectivity index (χ4v) is 1.52. The maximum Gasteiger partial charge on any atom is 0.416 e. The summed E-state index contributed by atoms with van der Waals surface area (Å²) >= 11 is 0. The van der Waals surface area contributed by atoms with Crippen LogP contribution < -0.4 is 4.74 Å². The molecule has 0 aliphatic carbocycles. The third-order valence-electron chi connectivity index (χ3n) is 2.40. The molecule has 0 aromatic heterocycles. The van der Waals surface area contributed by atoms with Gasteiger partial charge in [-0.2, -0.15) is 13.2 Å². The first-order chi connectivity index (χ1) is 8.55. The molecule has 0 amide bonds. The number of alkyl halides is 3. The van der Waals surface area contributed by atoms with E-state index in [9.17, 15) is 13.2 Å². The molecule has 94 valence electrons. The molecule has 0 bridgehead atoms. The first-order valence-electron chi connectivity index (χ1n) is 5.40. The Morgan fingerprint density at radius 2 is 1.61 bits per heavy atom. The van der Waals surface area contributed by atoms with Crippen molar-refractivity contribution in [3.8, 4) is 5.75 Å². The van der Waals surface area contributed by atoms with Crippen LogP contribution in [0.25, 0.3) is 0 Å². The summed E-state index contributed by atoms with van der Waals surface area (Å²) in [6, 6.07) is 14.1. The number of benzene rings is 2. The predicted octanol–water partition coefficient (Wildman–Crippen LogP) is 4.28. The molecular weight excluding hydrogens is 241 g/mol. The molecule has 4 heteroatoms. The fourth-order valence-electron chi connectivity index (χ4n) is 1.52. The molecular formula is C14H11F3O. The smallest absolute Gasteiger partial charge is 0.416 e. The molecule has 0 saturated heterocycles. The molecule has 2 aromatic rings. The highest BCUT2D eigenvalue weighted by Crippen LogP contribution is 2.29. The molecule has 0 heterocycles. The van der Waals surface area contributed by atoms with Crippen molar-refractivity contribution in [2.45, 2.75) is 12.8 Å². The molecule has 0 N–H and O–H groups in total. The minimum absolute atomic E-state index is 0.119. The summed E-state index contributed by atoms with van der Waals surface area (Å²) in [5, 5.41) is 0. The minimum atomic E-state index is -4.32. The molecule has 0 unspecified atom stereocenters. The van der Waals surface area contributed by atoms with Crippen LogP contribution in [0.4, 0.5) is 13.2 Å². The summed E-state index contributed by atoms with van der Waals surface area (Å²) < 4.78 is 42.9. The SMILES string of the molecule is FC(F)(F)c1cccc(COc2ccccc2)c1. The van der Waals surface area contributed by atoms with E-state index in [1.165, 1.54) is 6.07 Å². The molecule has 0 aliphatic rings. The summed E-state index contributed by atoms with van der Waals surface area (Å²) in [5.74, 6) is 0.634. The average Bonchev–Trinajstić information content (AvgIpc) is 2.37. The number of hydrogen-bond donors (Lipinski definition) is 0. The van der Waals surface area contributed by atoms with Crippen molar-refractivity contribution in [3.05, 3.63) is 65.7 Å². The number of rotatable bonds is 3. The molecule has 2 aromatic carbocycles. The van der Waals surface area contributed by atoms with Crippen LogP contribution in [-0.4, -0.2) is 0 Å². The Morgan fingerprint density at radius 1 is 0.889 bits per heavy atom. The lowest BCUT2D eigenvalue weighted by molar-refractivity contribution is -0.137. The lowest BCUT2D eigenvalue weighted by Crippen LogP contribution is -2.06. The van der Waals surface area contributed by atoms with Crippen LogP contribution in [0.2, 0.25) is 0 Å². The first kappa shape index (κ1) is 12.5. The van der Waals surface area contributed by atoms with E-state index in [4.69, 9.17) is 4.74 Å². The lowest BCUT2D eigenvalue weighted by atomic mass is 10.1. The molecule has 0 saturated carbocycles. The van der Waals surface area contributed by atoms with Gasteiger partial charge < -0.3 is 4.74 Å². The number of ether oxygens (including phenoxy) is 1. The highest BCUT2D eigenvalue weighted by atomic mass is 19.4. The zero-order valence-corrected chi connectivity index (χ0v) is 9.45. The topological polar surface area (TPSA) is 9.23 Å². The van der Waals surface area contributed by atoms with E-state index in [0.29, 0.717) is 11.3 Å². The molecule has 0 aliphatic heterocycles. The van der Waals surface area contributed by atoms with Gasteiger partial charge in [0.2, 0.25) is 0 Å². The van der Waals surface area contributed by atoms with Crippen LogP contribution in [0.5, 0.6) is 5.75 Å². The van der Waals surface area contributed by atoms with Gasteiger partial charge in [0.25, 0.3) is 0 Å². The second-order valence-corrected chi connectivity index (χ2v) is 3.80. The molecule has 0 atom stereocenters. The van der Waals surface area contributed by atoms with Crippen molar-refractivity contribution in [1.29, 1.82) is 0 Å². The first-order valence-corrected chi connectivity index (χ1v) is 5.40. The van der Waals surface area contributed by atoms with Crippen molar-refractivity contribution in [2.24, 2.45) is 0 Å². The van der Waals surface area contributed by atoms with Crippen molar-refractivity contribution in [2.75, 3.05) is 0 Å². The Balaban J connectivity index is 2.06. The van der Waals surface area contributed by atoms with E-state index in [1.54, 1.807) is 18.2 Å². The Bertz CT molecular complexity index is 506. The summed E-state index contributed by atoms with van der Waals surface area (Å²) in [6.45, 7) is 0.119. The van der Waals surface area contributed by atoms with Gasteiger partial charge in [0.15, 0.2) is 0 Å². The van der Waals surface area contributed by atoms with Crippen LogP contribution in [0.15, 0.2) is 54.6 Å². The van der Waals surface area contributed by atoms with Crippen LogP contribution in [0.3, 0.4) is 0 Å². The Morgan fingerprint density at radius 3 is 2.28 bits per heavy atom. The minimum Gasteiger partial charge on any atom is -0.489 e. The van der Waals surface area contributed by atoms with Gasteiger partial charge in [-0.3, -0.25) is 0 Å². The number of para-hydroxylation sites is 1. The number of hydrogen-bond acceptors (Lipinski definition) is 1. The fraction of sp³-hybridized carbons (Fsp3) is 0.143. The monoisotopic (exact) mass is 252 g/mol. The van der Waals surface area contributed by atoms with E-state index in [2.05, 4.69) is 0 Å². The van der Waals surface area contributed by atoms with Crippen molar-refractivity contribution >= 4 is 0 Å². The van der Waals surface area contributed by atoms with Gasteiger partial charge in [-0.25, -0.2) is 0 Å². The second kappa shape index (κ2) is 5.12. The van der Waals surface area contributed by atoms with E-state index < -0.39 is 11.7 Å². The van der Waals surface area contributed by atoms with Gasteiger partial charge in [0.1, 0.15) is 12.4 Å². The third kappa shape index (κ3) is 3.26. The van der Waals surface area contributed by atoms with Gasteiger partial charge in [0.05, 0.1) is 5.56 Å². The highest BCUT2D eigenvalue weighted by Gasteiger charge is 2.30. The van der Waals surface area contributed by atoms with E-state index in [1.807, 2.05) is 18.2 Å². The van der Waals surface area contributed by atoms with Crippen LogP contribution in [0, 0.1) is 0 Å². The Labute approximate surface area is 103 Å². The summed E-state index contributed by atoms with van der Waals surface area (Å²) in [5.41, 5.74) is -0.162. The third-order valence-corrected chi connectivity index (χ3v) is 2.40. The van der Waals surface area contributed by atoms with Crippen LogP contribution >= 0.6 is 0 Å². The quantitative estimate of drug-likeness (QED) is 0.792. The van der Waals surface area contributed by atoms with E-state index in [-0.39, 0.29) is 6.61 Å². The summed E-state index contributed by atoms with van der Waals surface area (Å²) in [6.07, 6.45) is -4.32. The largest absolute Gasteiger partial charge is 0.489 e. The Kier molecular flexibility index (Phi) is 3.55. The summed E-state index contributed by atoms with van der Waals surface area (Å²) in [7, 11) is 0. The number of halogens is 3. The van der Waals surface area contributed by atoms with Gasteiger partial charge in [-0.15, -0.1) is 0 Å². The van der Waals surface area contributed by atoms with Gasteiger partial charge >= 0.3 is 6.18 Å². The van der Waals surface area contributed by atoms with Crippen molar-refractivity contribution in [3.63, 3.8) is 0 Å². The molecule has 2 rings (SSSR count). The van der Waals surface area contributed by atoms with E-state index in [0.717, 1.165) is 12.1 Å². The van der Waals surface area contributed by atoms with E-state index >= 15 is 0 Å².